The molecule has 0 aliphatic carbocycles. The molecule has 1 amide bonds. The fourth-order valence-corrected chi connectivity index (χ4v) is 3.07. The molecular weight excluding hydrogens is 334 g/mol. The van der Waals surface area contributed by atoms with Crippen LogP contribution in [0.1, 0.15) is 46.9 Å². The summed E-state index contributed by atoms with van der Waals surface area (Å²) in [5.74, 6) is 0.656. The maximum Gasteiger partial charge on any atom is 0.252 e. The van der Waals surface area contributed by atoms with Gasteiger partial charge in [-0.25, -0.2) is 0 Å². The second-order valence-corrected chi connectivity index (χ2v) is 6.86. The van der Waals surface area contributed by atoms with E-state index in [1.54, 1.807) is 12.1 Å². The SMILES string of the molecule is Cc1ccccc1[C@H](NC(=O)c1ccc(OC(C)C)cc1)c1ccccc1. The first kappa shape index (κ1) is 18.7. The van der Waals surface area contributed by atoms with E-state index in [1.807, 2.05) is 68.4 Å². The summed E-state index contributed by atoms with van der Waals surface area (Å²) < 4.78 is 5.65. The number of rotatable bonds is 6. The monoisotopic (exact) mass is 359 g/mol. The van der Waals surface area contributed by atoms with Crippen molar-refractivity contribution in [3.63, 3.8) is 0 Å². The number of amides is 1. The van der Waals surface area contributed by atoms with Crippen LogP contribution in [0, 0.1) is 6.92 Å². The van der Waals surface area contributed by atoms with E-state index in [1.165, 1.54) is 0 Å². The summed E-state index contributed by atoms with van der Waals surface area (Å²) in [5, 5.41) is 3.19. The van der Waals surface area contributed by atoms with Gasteiger partial charge in [0, 0.05) is 5.56 Å². The van der Waals surface area contributed by atoms with Gasteiger partial charge in [0.15, 0.2) is 0 Å². The van der Waals surface area contributed by atoms with E-state index in [0.717, 1.165) is 22.4 Å². The van der Waals surface area contributed by atoms with E-state index in [2.05, 4.69) is 24.4 Å². The van der Waals surface area contributed by atoms with Crippen LogP contribution in [0.5, 0.6) is 5.75 Å². The molecule has 0 saturated heterocycles. The van der Waals surface area contributed by atoms with Crippen LogP contribution in [0.3, 0.4) is 0 Å². The predicted octanol–water partition coefficient (Wildman–Crippen LogP) is 5.30. The predicted molar refractivity (Wildman–Crippen MR) is 109 cm³/mol. The van der Waals surface area contributed by atoms with Crippen LogP contribution in [0.15, 0.2) is 78.9 Å². The molecule has 1 atom stereocenters. The lowest BCUT2D eigenvalue weighted by Crippen LogP contribution is -2.29. The highest BCUT2D eigenvalue weighted by molar-refractivity contribution is 5.94. The molecule has 3 nitrogen and oxygen atoms in total. The largest absolute Gasteiger partial charge is 0.491 e. The van der Waals surface area contributed by atoms with Gasteiger partial charge in [-0.1, -0.05) is 54.6 Å². The van der Waals surface area contributed by atoms with Gasteiger partial charge in [-0.05, 0) is 61.7 Å². The summed E-state index contributed by atoms with van der Waals surface area (Å²) >= 11 is 0. The number of ether oxygens (including phenoxy) is 1. The van der Waals surface area contributed by atoms with Crippen molar-refractivity contribution < 1.29 is 9.53 Å². The smallest absolute Gasteiger partial charge is 0.252 e. The number of carbonyl (C=O) groups is 1. The Morgan fingerprint density at radius 3 is 2.11 bits per heavy atom. The first-order valence-corrected chi connectivity index (χ1v) is 9.22. The van der Waals surface area contributed by atoms with Crippen molar-refractivity contribution in [3.8, 4) is 5.75 Å². The fourth-order valence-electron chi connectivity index (χ4n) is 3.07. The quantitative estimate of drug-likeness (QED) is 0.648. The average molecular weight is 359 g/mol. The molecule has 0 unspecified atom stereocenters. The van der Waals surface area contributed by atoms with Crippen LogP contribution in [0.4, 0.5) is 0 Å². The maximum absolute atomic E-state index is 12.9. The molecule has 27 heavy (non-hydrogen) atoms. The molecule has 0 aliphatic heterocycles. The van der Waals surface area contributed by atoms with E-state index in [0.29, 0.717) is 5.56 Å². The van der Waals surface area contributed by atoms with Gasteiger partial charge in [-0.15, -0.1) is 0 Å². The molecule has 0 heterocycles. The molecule has 0 saturated carbocycles. The highest BCUT2D eigenvalue weighted by atomic mass is 16.5. The number of hydrogen-bond acceptors (Lipinski definition) is 2. The number of aryl methyl sites for hydroxylation is 1. The van der Waals surface area contributed by atoms with Crippen molar-refractivity contribution in [3.05, 3.63) is 101 Å². The molecule has 0 radical (unpaired) electrons. The van der Waals surface area contributed by atoms with E-state index < -0.39 is 0 Å². The summed E-state index contributed by atoms with van der Waals surface area (Å²) in [7, 11) is 0. The van der Waals surface area contributed by atoms with Crippen LogP contribution in [-0.4, -0.2) is 12.0 Å². The Bertz CT molecular complexity index is 886. The lowest BCUT2D eigenvalue weighted by Gasteiger charge is -2.22. The molecule has 0 spiro atoms. The molecule has 0 bridgehead atoms. The molecule has 3 aromatic carbocycles. The highest BCUT2D eigenvalue weighted by Gasteiger charge is 2.19. The van der Waals surface area contributed by atoms with Crippen LogP contribution in [0.2, 0.25) is 0 Å². The third-order valence-corrected chi connectivity index (χ3v) is 4.40. The van der Waals surface area contributed by atoms with E-state index in [-0.39, 0.29) is 18.1 Å². The van der Waals surface area contributed by atoms with Crippen molar-refractivity contribution in [2.75, 3.05) is 0 Å². The number of nitrogens with one attached hydrogen (secondary N) is 1. The van der Waals surface area contributed by atoms with Gasteiger partial charge in [-0.3, -0.25) is 4.79 Å². The van der Waals surface area contributed by atoms with Gasteiger partial charge in [0.05, 0.1) is 12.1 Å². The van der Waals surface area contributed by atoms with Crippen LogP contribution < -0.4 is 10.1 Å². The van der Waals surface area contributed by atoms with Crippen molar-refractivity contribution in [2.45, 2.75) is 32.9 Å². The molecule has 1 N–H and O–H groups in total. The Morgan fingerprint density at radius 2 is 1.48 bits per heavy atom. The molecule has 3 rings (SSSR count). The second kappa shape index (κ2) is 8.54. The van der Waals surface area contributed by atoms with Gasteiger partial charge in [0.25, 0.3) is 5.91 Å². The van der Waals surface area contributed by atoms with Crippen LogP contribution in [0.25, 0.3) is 0 Å². The summed E-state index contributed by atoms with van der Waals surface area (Å²) in [6, 6.07) is 25.2. The van der Waals surface area contributed by atoms with Crippen LogP contribution in [-0.2, 0) is 0 Å². The van der Waals surface area contributed by atoms with E-state index >= 15 is 0 Å². The van der Waals surface area contributed by atoms with Gasteiger partial charge >= 0.3 is 0 Å². The summed E-state index contributed by atoms with van der Waals surface area (Å²) in [4.78, 5) is 12.9. The summed E-state index contributed by atoms with van der Waals surface area (Å²) in [6.45, 7) is 6.02. The summed E-state index contributed by atoms with van der Waals surface area (Å²) in [5.41, 5.74) is 3.91. The standard InChI is InChI=1S/C24H25NO2/c1-17(2)27-21-15-13-20(14-16-21)24(26)25-23(19-10-5-4-6-11-19)22-12-8-7-9-18(22)3/h4-17,23H,1-3H3,(H,25,26)/t23-/m1/s1. The second-order valence-electron chi connectivity index (χ2n) is 6.86. The van der Waals surface area contributed by atoms with Crippen molar-refractivity contribution >= 4 is 5.91 Å². The average Bonchev–Trinajstić information content (AvgIpc) is 2.67. The lowest BCUT2D eigenvalue weighted by molar-refractivity contribution is 0.0943. The molecule has 3 aromatic rings. The lowest BCUT2D eigenvalue weighted by atomic mass is 9.94. The van der Waals surface area contributed by atoms with Crippen LogP contribution >= 0.6 is 0 Å². The fraction of sp³-hybridized carbons (Fsp3) is 0.208. The number of benzene rings is 3. The van der Waals surface area contributed by atoms with Crippen molar-refractivity contribution in [1.82, 2.24) is 5.32 Å². The van der Waals surface area contributed by atoms with Crippen molar-refractivity contribution in [1.29, 1.82) is 0 Å². The van der Waals surface area contributed by atoms with E-state index in [4.69, 9.17) is 4.74 Å². The molecule has 0 aromatic heterocycles. The third kappa shape index (κ3) is 4.76. The zero-order chi connectivity index (χ0) is 19.2. The molecule has 0 fully saturated rings. The topological polar surface area (TPSA) is 38.3 Å². The molecule has 0 aliphatic rings. The van der Waals surface area contributed by atoms with E-state index in [9.17, 15) is 4.79 Å². The van der Waals surface area contributed by atoms with Gasteiger partial charge in [0.1, 0.15) is 5.75 Å². The third-order valence-electron chi connectivity index (χ3n) is 4.40. The molecular formula is C24H25NO2. The van der Waals surface area contributed by atoms with Gasteiger partial charge in [0.2, 0.25) is 0 Å². The Kier molecular flexibility index (Phi) is 5.92. The summed E-state index contributed by atoms with van der Waals surface area (Å²) in [6.07, 6.45) is 0.105. The Hall–Kier alpha value is -3.07. The first-order chi connectivity index (χ1) is 13.0. The first-order valence-electron chi connectivity index (χ1n) is 9.22. The Labute approximate surface area is 161 Å². The van der Waals surface area contributed by atoms with Crippen molar-refractivity contribution in [2.24, 2.45) is 0 Å². The number of hydrogen-bond donors (Lipinski definition) is 1. The molecule has 3 heteroatoms. The normalized spacial score (nSPS) is 11.9. The Balaban J connectivity index is 1.86. The highest BCUT2D eigenvalue weighted by Crippen LogP contribution is 2.25. The van der Waals surface area contributed by atoms with Gasteiger partial charge < -0.3 is 10.1 Å². The maximum atomic E-state index is 12.9. The zero-order valence-corrected chi connectivity index (χ0v) is 16.0. The Morgan fingerprint density at radius 1 is 0.852 bits per heavy atom. The zero-order valence-electron chi connectivity index (χ0n) is 16.0. The number of carbonyl (C=O) groups excluding carboxylic acids is 1. The molecule has 138 valence electrons. The van der Waals surface area contributed by atoms with Gasteiger partial charge in [-0.2, -0.15) is 0 Å². The minimum Gasteiger partial charge on any atom is -0.491 e. The minimum absolute atomic E-state index is 0.105. The minimum atomic E-state index is -0.202.